The van der Waals surface area contributed by atoms with E-state index in [-0.39, 0.29) is 11.3 Å². The molecule has 1 aromatic carbocycles. The van der Waals surface area contributed by atoms with E-state index in [1.54, 1.807) is 18.2 Å². The molecule has 0 spiro atoms. The molecular weight excluding hydrogens is 216 g/mol. The summed E-state index contributed by atoms with van der Waals surface area (Å²) in [5, 5.41) is 13.5. The molecule has 0 fully saturated rings. The zero-order valence-electron chi connectivity index (χ0n) is 10.4. The average molecular weight is 234 g/mol. The number of amides is 1. The summed E-state index contributed by atoms with van der Waals surface area (Å²) >= 11 is 0. The molecule has 0 unspecified atom stereocenters. The van der Waals surface area contributed by atoms with Crippen LogP contribution in [0.5, 0.6) is 5.75 Å². The maximum atomic E-state index is 11.7. The van der Waals surface area contributed by atoms with Crippen LogP contribution in [0.1, 0.15) is 37.6 Å². The molecule has 0 atom stereocenters. The van der Waals surface area contributed by atoms with Crippen molar-refractivity contribution in [3.63, 3.8) is 0 Å². The van der Waals surface area contributed by atoms with E-state index in [0.29, 0.717) is 5.92 Å². The minimum atomic E-state index is -0.397. The first-order valence-corrected chi connectivity index (χ1v) is 5.62. The van der Waals surface area contributed by atoms with Gasteiger partial charge in [0.25, 0.3) is 5.91 Å². The number of phenols is 1. The molecule has 4 nitrogen and oxygen atoms in total. The molecule has 0 radical (unpaired) electrons. The van der Waals surface area contributed by atoms with Gasteiger partial charge in [-0.3, -0.25) is 4.79 Å². The minimum Gasteiger partial charge on any atom is -0.507 e. The summed E-state index contributed by atoms with van der Waals surface area (Å²) in [6.45, 7) is 6.04. The average Bonchev–Trinajstić information content (AvgIpc) is 2.25. The lowest BCUT2D eigenvalue weighted by atomic mass is 10.1. The van der Waals surface area contributed by atoms with Gasteiger partial charge in [-0.05, 0) is 31.4 Å². The predicted octanol–water partition coefficient (Wildman–Crippen LogP) is 2.54. The van der Waals surface area contributed by atoms with Crippen molar-refractivity contribution in [1.29, 1.82) is 0 Å². The van der Waals surface area contributed by atoms with Gasteiger partial charge >= 0.3 is 0 Å². The smallest absolute Gasteiger partial charge is 0.275 e. The van der Waals surface area contributed by atoms with Gasteiger partial charge in [0.1, 0.15) is 5.75 Å². The standard InChI is InChI=1S/C13H18N2O2/c1-9(2)8-10(3)14-15-13(17)11-6-4-5-7-12(11)16/h4-7,9,16H,8H2,1-3H3,(H,15,17)/b14-10+. The van der Waals surface area contributed by atoms with E-state index in [1.165, 1.54) is 6.07 Å². The third-order valence-corrected chi connectivity index (χ3v) is 2.20. The van der Waals surface area contributed by atoms with Gasteiger partial charge in [-0.15, -0.1) is 0 Å². The van der Waals surface area contributed by atoms with E-state index in [2.05, 4.69) is 24.4 Å². The number of carbonyl (C=O) groups excluding carboxylic acids is 1. The highest BCUT2D eigenvalue weighted by Gasteiger charge is 2.09. The fourth-order valence-corrected chi connectivity index (χ4v) is 1.51. The maximum Gasteiger partial charge on any atom is 0.275 e. The number of rotatable bonds is 4. The molecule has 0 heterocycles. The zero-order valence-corrected chi connectivity index (χ0v) is 10.4. The van der Waals surface area contributed by atoms with Crippen LogP contribution in [0.3, 0.4) is 0 Å². The van der Waals surface area contributed by atoms with Crippen molar-refractivity contribution in [3.8, 4) is 5.75 Å². The number of benzene rings is 1. The molecule has 17 heavy (non-hydrogen) atoms. The number of aromatic hydroxyl groups is 1. The Morgan fingerprint density at radius 1 is 1.41 bits per heavy atom. The number of para-hydroxylation sites is 1. The lowest BCUT2D eigenvalue weighted by Gasteiger charge is -2.05. The van der Waals surface area contributed by atoms with Crippen LogP contribution in [-0.4, -0.2) is 16.7 Å². The van der Waals surface area contributed by atoms with Crippen LogP contribution in [0.15, 0.2) is 29.4 Å². The van der Waals surface area contributed by atoms with Crippen LogP contribution < -0.4 is 5.43 Å². The first-order chi connectivity index (χ1) is 8.00. The fourth-order valence-electron chi connectivity index (χ4n) is 1.51. The molecule has 1 aromatic rings. The van der Waals surface area contributed by atoms with Crippen LogP contribution >= 0.6 is 0 Å². The molecule has 0 aliphatic carbocycles. The largest absolute Gasteiger partial charge is 0.507 e. The number of hydrazone groups is 1. The molecule has 4 heteroatoms. The van der Waals surface area contributed by atoms with Gasteiger partial charge in [0.05, 0.1) is 5.56 Å². The van der Waals surface area contributed by atoms with E-state index in [4.69, 9.17) is 0 Å². The van der Waals surface area contributed by atoms with Crippen molar-refractivity contribution >= 4 is 11.6 Å². The third-order valence-electron chi connectivity index (χ3n) is 2.20. The summed E-state index contributed by atoms with van der Waals surface area (Å²) in [5.74, 6) is 0.0636. The molecule has 0 aliphatic rings. The zero-order chi connectivity index (χ0) is 12.8. The number of carbonyl (C=O) groups is 1. The van der Waals surface area contributed by atoms with Crippen molar-refractivity contribution in [2.24, 2.45) is 11.0 Å². The summed E-state index contributed by atoms with van der Waals surface area (Å²) < 4.78 is 0. The van der Waals surface area contributed by atoms with Crippen molar-refractivity contribution < 1.29 is 9.90 Å². The minimum absolute atomic E-state index is 0.0401. The normalized spacial score (nSPS) is 11.6. The first-order valence-electron chi connectivity index (χ1n) is 5.62. The van der Waals surface area contributed by atoms with E-state index in [9.17, 15) is 9.90 Å². The molecule has 1 rings (SSSR count). The van der Waals surface area contributed by atoms with Gasteiger partial charge in [0.15, 0.2) is 0 Å². The molecule has 0 aromatic heterocycles. The summed E-state index contributed by atoms with van der Waals surface area (Å²) in [4.78, 5) is 11.7. The summed E-state index contributed by atoms with van der Waals surface area (Å²) in [6.07, 6.45) is 0.834. The molecular formula is C13H18N2O2. The number of hydrogen-bond acceptors (Lipinski definition) is 3. The second kappa shape index (κ2) is 6.03. The molecule has 0 saturated heterocycles. The first kappa shape index (κ1) is 13.2. The van der Waals surface area contributed by atoms with Gasteiger partial charge in [0.2, 0.25) is 0 Å². The monoisotopic (exact) mass is 234 g/mol. The van der Waals surface area contributed by atoms with Gasteiger partial charge in [-0.1, -0.05) is 26.0 Å². The third kappa shape index (κ3) is 4.26. The maximum absolute atomic E-state index is 11.7. The van der Waals surface area contributed by atoms with Crippen molar-refractivity contribution in [2.45, 2.75) is 27.2 Å². The van der Waals surface area contributed by atoms with E-state index >= 15 is 0 Å². The van der Waals surface area contributed by atoms with E-state index < -0.39 is 5.91 Å². The van der Waals surface area contributed by atoms with E-state index in [1.807, 2.05) is 6.92 Å². The molecule has 2 N–H and O–H groups in total. The Kier molecular flexibility index (Phi) is 4.69. The number of phenolic OH excluding ortho intramolecular Hbond substituents is 1. The molecule has 0 saturated carbocycles. The highest BCUT2D eigenvalue weighted by atomic mass is 16.3. The Labute approximate surface area is 101 Å². The van der Waals surface area contributed by atoms with Gasteiger partial charge in [-0.2, -0.15) is 5.10 Å². The Bertz CT molecular complexity index is 425. The fraction of sp³-hybridized carbons (Fsp3) is 0.385. The van der Waals surface area contributed by atoms with Crippen LogP contribution in [-0.2, 0) is 0 Å². The second-order valence-corrected chi connectivity index (χ2v) is 4.40. The molecule has 0 bridgehead atoms. The van der Waals surface area contributed by atoms with E-state index in [0.717, 1.165) is 12.1 Å². The SMILES string of the molecule is C/C(CC(C)C)=N\NC(=O)c1ccccc1O. The van der Waals surface area contributed by atoms with Gasteiger partial charge in [0, 0.05) is 5.71 Å². The lowest BCUT2D eigenvalue weighted by Crippen LogP contribution is -2.19. The van der Waals surface area contributed by atoms with Gasteiger partial charge in [-0.25, -0.2) is 5.43 Å². The van der Waals surface area contributed by atoms with Crippen LogP contribution in [0, 0.1) is 5.92 Å². The highest BCUT2D eigenvalue weighted by molar-refractivity contribution is 5.97. The topological polar surface area (TPSA) is 61.7 Å². The Balaban J connectivity index is 2.65. The summed E-state index contributed by atoms with van der Waals surface area (Å²) in [5.41, 5.74) is 3.53. The number of hydrogen-bond donors (Lipinski definition) is 2. The van der Waals surface area contributed by atoms with Crippen molar-refractivity contribution in [3.05, 3.63) is 29.8 Å². The highest BCUT2D eigenvalue weighted by Crippen LogP contribution is 2.14. The van der Waals surface area contributed by atoms with Crippen LogP contribution in [0.4, 0.5) is 0 Å². The Hall–Kier alpha value is -1.84. The predicted molar refractivity (Wildman–Crippen MR) is 68.1 cm³/mol. The quantitative estimate of drug-likeness (QED) is 0.621. The molecule has 92 valence electrons. The van der Waals surface area contributed by atoms with Gasteiger partial charge < -0.3 is 5.11 Å². The summed E-state index contributed by atoms with van der Waals surface area (Å²) in [7, 11) is 0. The van der Waals surface area contributed by atoms with Crippen molar-refractivity contribution in [2.75, 3.05) is 0 Å². The van der Waals surface area contributed by atoms with Crippen LogP contribution in [0.25, 0.3) is 0 Å². The second-order valence-electron chi connectivity index (χ2n) is 4.40. The van der Waals surface area contributed by atoms with Crippen molar-refractivity contribution in [1.82, 2.24) is 5.43 Å². The lowest BCUT2D eigenvalue weighted by molar-refractivity contribution is 0.0952. The molecule has 0 aliphatic heterocycles. The number of nitrogens with zero attached hydrogens (tertiary/aromatic N) is 1. The van der Waals surface area contributed by atoms with Crippen LogP contribution in [0.2, 0.25) is 0 Å². The Morgan fingerprint density at radius 3 is 2.65 bits per heavy atom. The Morgan fingerprint density at radius 2 is 2.06 bits per heavy atom. The number of nitrogens with one attached hydrogen (secondary N) is 1. The molecule has 1 amide bonds. The summed E-state index contributed by atoms with van der Waals surface area (Å²) in [6, 6.07) is 6.39.